The maximum Gasteiger partial charge on any atom is 0.317 e. The standard InChI is InChI=1S/C15H28N2O3/c1-10(2)9-17(11(3)4)15(20)16-13-7-5-12(6-8-13)14(18)19/h10-13H,5-9H2,1-4H3,(H,16,20)(H,18,19). The highest BCUT2D eigenvalue weighted by Crippen LogP contribution is 2.24. The third-order valence-corrected chi connectivity index (χ3v) is 3.85. The summed E-state index contributed by atoms with van der Waals surface area (Å²) in [6.45, 7) is 8.97. The number of carboxylic acids is 1. The predicted octanol–water partition coefficient (Wildman–Crippen LogP) is 2.71. The van der Waals surface area contributed by atoms with Crippen LogP contribution < -0.4 is 5.32 Å². The first-order chi connectivity index (χ1) is 9.31. The third-order valence-electron chi connectivity index (χ3n) is 3.85. The minimum Gasteiger partial charge on any atom is -0.481 e. The number of hydrogen-bond donors (Lipinski definition) is 2. The summed E-state index contributed by atoms with van der Waals surface area (Å²) in [5.41, 5.74) is 0. The second-order valence-electron chi connectivity index (χ2n) is 6.48. The number of nitrogens with zero attached hydrogens (tertiary/aromatic N) is 1. The lowest BCUT2D eigenvalue weighted by atomic mass is 9.86. The molecule has 1 aliphatic carbocycles. The number of carbonyl (C=O) groups is 2. The van der Waals surface area contributed by atoms with E-state index >= 15 is 0 Å². The lowest BCUT2D eigenvalue weighted by Crippen LogP contribution is -2.49. The summed E-state index contributed by atoms with van der Waals surface area (Å²) in [4.78, 5) is 25.1. The zero-order chi connectivity index (χ0) is 15.3. The average molecular weight is 284 g/mol. The first kappa shape index (κ1) is 16.8. The minimum absolute atomic E-state index is 0.0209. The van der Waals surface area contributed by atoms with Gasteiger partial charge in [-0.3, -0.25) is 4.79 Å². The molecule has 0 aromatic carbocycles. The minimum atomic E-state index is -0.710. The van der Waals surface area contributed by atoms with Crippen molar-refractivity contribution >= 4 is 12.0 Å². The fourth-order valence-corrected chi connectivity index (χ4v) is 2.66. The highest BCUT2D eigenvalue weighted by atomic mass is 16.4. The number of amides is 2. The van der Waals surface area contributed by atoms with Crippen molar-refractivity contribution < 1.29 is 14.7 Å². The molecule has 0 aromatic rings. The Kier molecular flexibility index (Phi) is 6.30. The van der Waals surface area contributed by atoms with Crippen molar-refractivity contribution in [2.24, 2.45) is 11.8 Å². The molecule has 0 aliphatic heterocycles. The fraction of sp³-hybridized carbons (Fsp3) is 0.867. The van der Waals surface area contributed by atoms with Crippen LogP contribution in [0.2, 0.25) is 0 Å². The Morgan fingerprint density at radius 2 is 1.70 bits per heavy atom. The predicted molar refractivity (Wildman–Crippen MR) is 78.6 cm³/mol. The zero-order valence-corrected chi connectivity index (χ0v) is 13.1. The molecular weight excluding hydrogens is 256 g/mol. The summed E-state index contributed by atoms with van der Waals surface area (Å²) in [5.74, 6) is -0.510. The highest BCUT2D eigenvalue weighted by Gasteiger charge is 2.28. The molecule has 0 heterocycles. The van der Waals surface area contributed by atoms with Gasteiger partial charge >= 0.3 is 12.0 Å². The van der Waals surface area contributed by atoms with Gasteiger partial charge in [0.15, 0.2) is 0 Å². The monoisotopic (exact) mass is 284 g/mol. The highest BCUT2D eigenvalue weighted by molar-refractivity contribution is 5.75. The van der Waals surface area contributed by atoms with Gasteiger partial charge in [0, 0.05) is 18.6 Å². The number of aliphatic carboxylic acids is 1. The van der Waals surface area contributed by atoms with Crippen LogP contribution >= 0.6 is 0 Å². The van der Waals surface area contributed by atoms with E-state index < -0.39 is 5.97 Å². The lowest BCUT2D eigenvalue weighted by molar-refractivity contribution is -0.142. The Labute approximate surface area is 121 Å². The molecule has 0 spiro atoms. The number of rotatable bonds is 5. The Hall–Kier alpha value is -1.26. The first-order valence-corrected chi connectivity index (χ1v) is 7.61. The molecule has 1 fully saturated rings. The molecule has 0 bridgehead atoms. The van der Waals surface area contributed by atoms with Gasteiger partial charge in [-0.25, -0.2) is 4.79 Å². The van der Waals surface area contributed by atoms with E-state index in [1.165, 1.54) is 0 Å². The van der Waals surface area contributed by atoms with Crippen molar-refractivity contribution in [2.45, 2.75) is 65.5 Å². The van der Waals surface area contributed by atoms with Gasteiger partial charge in [0.2, 0.25) is 0 Å². The second-order valence-corrected chi connectivity index (χ2v) is 6.48. The Morgan fingerprint density at radius 1 is 1.15 bits per heavy atom. The lowest BCUT2D eigenvalue weighted by Gasteiger charge is -2.33. The smallest absolute Gasteiger partial charge is 0.317 e. The third kappa shape index (κ3) is 5.02. The van der Waals surface area contributed by atoms with Crippen LogP contribution in [0.3, 0.4) is 0 Å². The van der Waals surface area contributed by atoms with Crippen molar-refractivity contribution in [3.8, 4) is 0 Å². The topological polar surface area (TPSA) is 69.6 Å². The van der Waals surface area contributed by atoms with Crippen LogP contribution in [0.25, 0.3) is 0 Å². The molecule has 1 aliphatic rings. The van der Waals surface area contributed by atoms with Crippen LogP contribution in [0.1, 0.15) is 53.4 Å². The summed E-state index contributed by atoms with van der Waals surface area (Å²) in [7, 11) is 0. The number of nitrogens with one attached hydrogen (secondary N) is 1. The molecule has 0 unspecified atom stereocenters. The summed E-state index contributed by atoms with van der Waals surface area (Å²) in [5, 5.41) is 12.0. The Bertz CT molecular complexity index is 334. The molecular formula is C15H28N2O3. The molecule has 116 valence electrons. The van der Waals surface area contributed by atoms with Crippen LogP contribution in [0.5, 0.6) is 0 Å². The van der Waals surface area contributed by atoms with Gasteiger partial charge in [-0.05, 0) is 45.4 Å². The molecule has 1 saturated carbocycles. The number of carbonyl (C=O) groups excluding carboxylic acids is 1. The van der Waals surface area contributed by atoms with Crippen LogP contribution in [0.4, 0.5) is 4.79 Å². The van der Waals surface area contributed by atoms with Gasteiger partial charge < -0.3 is 15.3 Å². The molecule has 2 N–H and O–H groups in total. The number of hydrogen-bond acceptors (Lipinski definition) is 2. The SMILES string of the molecule is CC(C)CN(C(=O)NC1CCC(C(=O)O)CC1)C(C)C. The normalized spacial score (nSPS) is 22.9. The van der Waals surface area contributed by atoms with Gasteiger partial charge in [0.25, 0.3) is 0 Å². The first-order valence-electron chi connectivity index (χ1n) is 7.61. The van der Waals surface area contributed by atoms with E-state index in [9.17, 15) is 9.59 Å². The Balaban J connectivity index is 2.47. The summed E-state index contributed by atoms with van der Waals surface area (Å²) in [6, 6.07) is 0.270. The van der Waals surface area contributed by atoms with Crippen LogP contribution in [0.15, 0.2) is 0 Å². The second kappa shape index (κ2) is 7.50. The molecule has 0 atom stereocenters. The molecule has 0 saturated heterocycles. The maximum atomic E-state index is 12.3. The van der Waals surface area contributed by atoms with Crippen molar-refractivity contribution in [1.29, 1.82) is 0 Å². The van der Waals surface area contributed by atoms with Crippen molar-refractivity contribution in [3.05, 3.63) is 0 Å². The largest absolute Gasteiger partial charge is 0.481 e. The van der Waals surface area contributed by atoms with E-state index in [0.29, 0.717) is 18.8 Å². The van der Waals surface area contributed by atoms with E-state index in [1.807, 2.05) is 18.7 Å². The van der Waals surface area contributed by atoms with E-state index in [1.54, 1.807) is 0 Å². The van der Waals surface area contributed by atoms with Gasteiger partial charge in [0.05, 0.1) is 5.92 Å². The van der Waals surface area contributed by atoms with E-state index in [-0.39, 0.29) is 24.0 Å². The average Bonchev–Trinajstić information content (AvgIpc) is 2.35. The van der Waals surface area contributed by atoms with E-state index in [0.717, 1.165) is 19.4 Å². The van der Waals surface area contributed by atoms with Crippen molar-refractivity contribution in [1.82, 2.24) is 10.2 Å². The van der Waals surface area contributed by atoms with Crippen molar-refractivity contribution in [2.75, 3.05) is 6.54 Å². The van der Waals surface area contributed by atoms with E-state index in [2.05, 4.69) is 19.2 Å². The molecule has 20 heavy (non-hydrogen) atoms. The Morgan fingerprint density at radius 3 is 2.10 bits per heavy atom. The molecule has 1 rings (SSSR count). The molecule has 5 heteroatoms. The summed E-state index contributed by atoms with van der Waals surface area (Å²) in [6.07, 6.45) is 2.84. The van der Waals surface area contributed by atoms with Gasteiger partial charge in [-0.1, -0.05) is 13.8 Å². The van der Waals surface area contributed by atoms with Gasteiger partial charge in [-0.15, -0.1) is 0 Å². The summed E-state index contributed by atoms with van der Waals surface area (Å²) >= 11 is 0. The van der Waals surface area contributed by atoms with Crippen molar-refractivity contribution in [3.63, 3.8) is 0 Å². The quantitative estimate of drug-likeness (QED) is 0.815. The van der Waals surface area contributed by atoms with E-state index in [4.69, 9.17) is 5.11 Å². The van der Waals surface area contributed by atoms with Crippen LogP contribution in [-0.4, -0.2) is 40.6 Å². The molecule has 5 nitrogen and oxygen atoms in total. The van der Waals surface area contributed by atoms with Gasteiger partial charge in [-0.2, -0.15) is 0 Å². The molecule has 0 aromatic heterocycles. The fourth-order valence-electron chi connectivity index (χ4n) is 2.66. The van der Waals surface area contributed by atoms with Crippen LogP contribution in [-0.2, 0) is 4.79 Å². The summed E-state index contributed by atoms with van der Waals surface area (Å²) < 4.78 is 0. The van der Waals surface area contributed by atoms with Crippen LogP contribution in [0, 0.1) is 11.8 Å². The molecule has 0 radical (unpaired) electrons. The number of carboxylic acid groups (broad SMARTS) is 1. The van der Waals surface area contributed by atoms with Gasteiger partial charge in [0.1, 0.15) is 0 Å². The number of urea groups is 1. The zero-order valence-electron chi connectivity index (χ0n) is 13.1. The maximum absolute atomic E-state index is 12.3. The molecule has 2 amide bonds.